The molecule has 1 fully saturated rings. The highest BCUT2D eigenvalue weighted by Crippen LogP contribution is 2.31. The molecule has 0 unspecified atom stereocenters. The molecule has 0 atom stereocenters. The fourth-order valence-electron chi connectivity index (χ4n) is 5.18. The minimum absolute atomic E-state index is 0.170. The summed E-state index contributed by atoms with van der Waals surface area (Å²) in [5.74, 6) is 0.0821. The summed E-state index contributed by atoms with van der Waals surface area (Å²) in [6, 6.07) is 7.53. The van der Waals surface area contributed by atoms with Gasteiger partial charge in [0.05, 0.1) is 24.0 Å². The molecule has 1 amide bonds. The van der Waals surface area contributed by atoms with Crippen LogP contribution in [0, 0.1) is 5.92 Å². The number of aromatic nitrogens is 4. The average molecular weight is 498 g/mol. The molecule has 1 saturated heterocycles. The maximum atomic E-state index is 15.4. The van der Waals surface area contributed by atoms with Gasteiger partial charge >= 0.3 is 0 Å². The lowest BCUT2D eigenvalue weighted by Crippen LogP contribution is -2.49. The number of carbonyl (C=O) groups is 1. The second kappa shape index (κ2) is 10.2. The Morgan fingerprint density at radius 3 is 2.67 bits per heavy atom. The van der Waals surface area contributed by atoms with Crippen LogP contribution in [0.5, 0.6) is 0 Å². The summed E-state index contributed by atoms with van der Waals surface area (Å²) >= 11 is 0. The predicted octanol–water partition coefficient (Wildman–Crippen LogP) is 3.68. The smallest absolute Gasteiger partial charge is 0.263 e. The van der Waals surface area contributed by atoms with Crippen LogP contribution < -0.4 is 5.32 Å². The van der Waals surface area contributed by atoms with Gasteiger partial charge in [0.25, 0.3) is 5.91 Å². The lowest BCUT2D eigenvalue weighted by molar-refractivity contribution is -0.130. The molecular formula is C26H33F2N7O. The zero-order chi connectivity index (χ0) is 25.3. The lowest BCUT2D eigenvalue weighted by Gasteiger charge is -2.35. The van der Waals surface area contributed by atoms with E-state index in [2.05, 4.69) is 44.3 Å². The number of rotatable bonds is 7. The highest BCUT2D eigenvalue weighted by Gasteiger charge is 2.42. The Kier molecular flexibility index (Phi) is 6.98. The van der Waals surface area contributed by atoms with E-state index in [1.165, 1.54) is 0 Å². The number of anilines is 1. The van der Waals surface area contributed by atoms with Crippen molar-refractivity contribution in [2.24, 2.45) is 5.92 Å². The van der Waals surface area contributed by atoms with Crippen molar-refractivity contribution in [3.63, 3.8) is 0 Å². The molecule has 2 aromatic heterocycles. The number of amides is 1. The van der Waals surface area contributed by atoms with Crippen molar-refractivity contribution in [3.05, 3.63) is 36.2 Å². The van der Waals surface area contributed by atoms with E-state index in [-0.39, 0.29) is 25.3 Å². The van der Waals surface area contributed by atoms with Gasteiger partial charge in [-0.25, -0.2) is 8.78 Å². The van der Waals surface area contributed by atoms with E-state index in [0.717, 1.165) is 41.8 Å². The quantitative estimate of drug-likeness (QED) is 0.537. The van der Waals surface area contributed by atoms with E-state index in [0.29, 0.717) is 37.6 Å². The van der Waals surface area contributed by atoms with Crippen LogP contribution in [-0.4, -0.2) is 80.8 Å². The number of hydrogen-bond acceptors (Lipinski definition) is 6. The summed E-state index contributed by atoms with van der Waals surface area (Å²) in [5, 5.41) is 16.3. The summed E-state index contributed by atoms with van der Waals surface area (Å²) in [4.78, 5) is 17.1. The first-order valence-corrected chi connectivity index (χ1v) is 12.7. The molecule has 0 spiro atoms. The molecule has 8 nitrogen and oxygen atoms in total. The number of nitrogens with one attached hydrogen (secondary N) is 1. The van der Waals surface area contributed by atoms with Crippen LogP contribution in [0.4, 0.5) is 14.6 Å². The fraction of sp³-hybridized carbons (Fsp3) is 0.538. The highest BCUT2D eigenvalue weighted by atomic mass is 19.1. The van der Waals surface area contributed by atoms with Gasteiger partial charge in [-0.3, -0.25) is 14.4 Å². The number of carbonyl (C=O) groups excluding carboxylic acids is 1. The Labute approximate surface area is 209 Å². The third-order valence-electron chi connectivity index (χ3n) is 7.17. The number of halogens is 2. The summed E-state index contributed by atoms with van der Waals surface area (Å²) in [6.45, 7) is 8.49. The van der Waals surface area contributed by atoms with E-state index in [1.54, 1.807) is 6.07 Å². The van der Waals surface area contributed by atoms with Crippen LogP contribution >= 0.6 is 0 Å². The monoisotopic (exact) mass is 497 g/mol. The Balaban J connectivity index is 1.33. The molecular weight excluding hydrogens is 464 g/mol. The van der Waals surface area contributed by atoms with Gasteiger partial charge in [-0.1, -0.05) is 19.9 Å². The van der Waals surface area contributed by atoms with E-state index in [1.807, 2.05) is 29.1 Å². The minimum Gasteiger partial charge on any atom is -0.306 e. The predicted molar refractivity (Wildman–Crippen MR) is 135 cm³/mol. The molecule has 3 aromatic rings. The van der Waals surface area contributed by atoms with Gasteiger partial charge in [0.1, 0.15) is 6.67 Å². The van der Waals surface area contributed by atoms with Gasteiger partial charge in [0, 0.05) is 63.1 Å². The molecule has 0 bridgehead atoms. The first-order chi connectivity index (χ1) is 17.3. The third-order valence-corrected chi connectivity index (χ3v) is 7.17. The van der Waals surface area contributed by atoms with Gasteiger partial charge < -0.3 is 10.2 Å². The molecule has 0 radical (unpaired) electrons. The van der Waals surface area contributed by atoms with Crippen molar-refractivity contribution in [2.75, 3.05) is 44.7 Å². The Morgan fingerprint density at radius 1 is 1.11 bits per heavy atom. The zero-order valence-corrected chi connectivity index (χ0v) is 20.9. The molecule has 1 aromatic carbocycles. The van der Waals surface area contributed by atoms with E-state index in [4.69, 9.17) is 0 Å². The van der Waals surface area contributed by atoms with Crippen LogP contribution in [0.1, 0.15) is 32.4 Å². The standard InChI is InChI=1S/C26H33F2N7O/c1-18(2)16-33-8-5-26(28,6-9-33)25(36)30-24-14-20-13-19(3-4-22(20)31-32-24)21-15-29-35-12-11-34(10-7-27)17-23(21)35/h3-4,13-15,18H,5-12,16-17H2,1-2H3,(H,30,32,36). The number of benzene rings is 1. The van der Waals surface area contributed by atoms with Crippen molar-refractivity contribution in [1.29, 1.82) is 0 Å². The van der Waals surface area contributed by atoms with Gasteiger partial charge in [-0.2, -0.15) is 5.10 Å². The molecule has 192 valence electrons. The van der Waals surface area contributed by atoms with Crippen molar-refractivity contribution in [1.82, 2.24) is 29.8 Å². The summed E-state index contributed by atoms with van der Waals surface area (Å²) in [7, 11) is 0. The normalized spacial score (nSPS) is 18.5. The Morgan fingerprint density at radius 2 is 1.92 bits per heavy atom. The molecule has 0 saturated carbocycles. The number of nitrogens with zero attached hydrogens (tertiary/aromatic N) is 6. The molecule has 1 N–H and O–H groups in total. The number of piperidine rings is 1. The van der Waals surface area contributed by atoms with Crippen LogP contribution in [0.25, 0.3) is 22.0 Å². The summed E-state index contributed by atoms with van der Waals surface area (Å²) < 4.78 is 30.3. The molecule has 10 heteroatoms. The van der Waals surface area contributed by atoms with Crippen LogP contribution in [0.15, 0.2) is 30.5 Å². The maximum Gasteiger partial charge on any atom is 0.263 e. The minimum atomic E-state index is -1.91. The molecule has 2 aliphatic rings. The van der Waals surface area contributed by atoms with Crippen LogP contribution in [-0.2, 0) is 17.9 Å². The first-order valence-electron chi connectivity index (χ1n) is 12.7. The third kappa shape index (κ3) is 5.10. The number of likely N-dealkylation sites (tertiary alicyclic amines) is 1. The van der Waals surface area contributed by atoms with Gasteiger partial charge in [-0.05, 0) is 29.7 Å². The lowest BCUT2D eigenvalue weighted by atomic mass is 9.92. The van der Waals surface area contributed by atoms with Gasteiger partial charge in [-0.15, -0.1) is 10.2 Å². The second-order valence-corrected chi connectivity index (χ2v) is 10.3. The topological polar surface area (TPSA) is 79.2 Å². The van der Waals surface area contributed by atoms with Gasteiger partial charge in [0.15, 0.2) is 11.5 Å². The fourth-order valence-corrected chi connectivity index (χ4v) is 5.18. The number of hydrogen-bond donors (Lipinski definition) is 1. The van der Waals surface area contributed by atoms with Crippen LogP contribution in [0.3, 0.4) is 0 Å². The largest absolute Gasteiger partial charge is 0.306 e. The number of fused-ring (bicyclic) bond motifs is 2. The molecule has 0 aliphatic carbocycles. The van der Waals surface area contributed by atoms with E-state index in [9.17, 15) is 9.18 Å². The van der Waals surface area contributed by atoms with Crippen molar-refractivity contribution in [2.45, 2.75) is 45.4 Å². The molecule has 36 heavy (non-hydrogen) atoms. The summed E-state index contributed by atoms with van der Waals surface area (Å²) in [6.07, 6.45) is 2.18. The molecule has 2 aliphatic heterocycles. The SMILES string of the molecule is CC(C)CN1CCC(F)(C(=O)Nc2cc3cc(-c4cnn5c4CN(CCF)CC5)ccc3nn2)CC1. The first kappa shape index (κ1) is 24.7. The van der Waals surface area contributed by atoms with Crippen molar-refractivity contribution >= 4 is 22.6 Å². The zero-order valence-electron chi connectivity index (χ0n) is 20.9. The van der Waals surface area contributed by atoms with E-state index >= 15 is 4.39 Å². The van der Waals surface area contributed by atoms with E-state index < -0.39 is 11.6 Å². The van der Waals surface area contributed by atoms with Crippen LogP contribution in [0.2, 0.25) is 0 Å². The van der Waals surface area contributed by atoms with Gasteiger partial charge in [0.2, 0.25) is 0 Å². The number of alkyl halides is 2. The Hall–Kier alpha value is -2.98. The maximum absolute atomic E-state index is 15.4. The van der Waals surface area contributed by atoms with Crippen molar-refractivity contribution < 1.29 is 13.6 Å². The summed E-state index contributed by atoms with van der Waals surface area (Å²) in [5.41, 5.74) is 1.75. The second-order valence-electron chi connectivity index (χ2n) is 10.3. The molecule has 4 heterocycles. The highest BCUT2D eigenvalue weighted by molar-refractivity contribution is 5.98. The molecule has 5 rings (SSSR count). The van der Waals surface area contributed by atoms with Crippen molar-refractivity contribution in [3.8, 4) is 11.1 Å². The Bertz CT molecular complexity index is 1240. The average Bonchev–Trinajstić information content (AvgIpc) is 3.28.